The summed E-state index contributed by atoms with van der Waals surface area (Å²) in [5.74, 6) is -1.48. The van der Waals surface area contributed by atoms with Crippen LogP contribution in [0.15, 0.2) is 30.6 Å². The SMILES string of the molecule is CC(C)n1c(=O)oc(=O)c2cc(Br)cc(F)c21. The normalized spacial score (nSPS) is 11.4. The molecule has 0 bridgehead atoms. The van der Waals surface area contributed by atoms with E-state index in [9.17, 15) is 14.0 Å². The van der Waals surface area contributed by atoms with E-state index < -0.39 is 17.2 Å². The van der Waals surface area contributed by atoms with Crippen LogP contribution in [-0.4, -0.2) is 4.57 Å². The highest BCUT2D eigenvalue weighted by molar-refractivity contribution is 9.10. The highest BCUT2D eigenvalue weighted by Crippen LogP contribution is 2.21. The summed E-state index contributed by atoms with van der Waals surface area (Å²) >= 11 is 3.09. The summed E-state index contributed by atoms with van der Waals surface area (Å²) < 4.78 is 20.0. The fourth-order valence-corrected chi connectivity index (χ4v) is 2.14. The van der Waals surface area contributed by atoms with Gasteiger partial charge in [-0.2, -0.15) is 0 Å². The lowest BCUT2D eigenvalue weighted by molar-refractivity contribution is 0.395. The van der Waals surface area contributed by atoms with Crippen LogP contribution in [0, 0.1) is 5.82 Å². The Balaban J connectivity index is 3.11. The fraction of sp³-hybridized carbons (Fsp3) is 0.273. The number of aromatic nitrogens is 1. The Hall–Kier alpha value is -1.43. The van der Waals surface area contributed by atoms with Crippen molar-refractivity contribution in [3.05, 3.63) is 43.4 Å². The molecule has 0 aliphatic carbocycles. The zero-order valence-corrected chi connectivity index (χ0v) is 10.7. The lowest BCUT2D eigenvalue weighted by atomic mass is 10.2. The van der Waals surface area contributed by atoms with Crippen LogP contribution in [0.1, 0.15) is 19.9 Å². The minimum absolute atomic E-state index is 0.0237. The third kappa shape index (κ3) is 1.93. The van der Waals surface area contributed by atoms with Gasteiger partial charge < -0.3 is 4.42 Å². The number of nitrogens with zero attached hydrogens (tertiary/aromatic N) is 1. The Morgan fingerprint density at radius 3 is 2.59 bits per heavy atom. The summed E-state index contributed by atoms with van der Waals surface area (Å²) in [6, 6.07) is 2.34. The van der Waals surface area contributed by atoms with Crippen molar-refractivity contribution >= 4 is 26.8 Å². The van der Waals surface area contributed by atoms with Crippen LogP contribution in [-0.2, 0) is 0 Å². The van der Waals surface area contributed by atoms with Crippen molar-refractivity contribution in [1.82, 2.24) is 4.57 Å². The van der Waals surface area contributed by atoms with Crippen LogP contribution in [0.25, 0.3) is 10.9 Å². The van der Waals surface area contributed by atoms with Crippen molar-refractivity contribution in [3.63, 3.8) is 0 Å². The van der Waals surface area contributed by atoms with Gasteiger partial charge in [-0.3, -0.25) is 4.57 Å². The average molecular weight is 302 g/mol. The third-order valence-electron chi connectivity index (χ3n) is 2.38. The molecule has 0 fully saturated rings. The predicted octanol–water partition coefficient (Wildman–Crippen LogP) is 2.44. The van der Waals surface area contributed by atoms with E-state index in [-0.39, 0.29) is 16.9 Å². The molecule has 0 saturated heterocycles. The molecular formula is C11H9BrFNO3. The zero-order valence-electron chi connectivity index (χ0n) is 9.16. The highest BCUT2D eigenvalue weighted by Gasteiger charge is 2.16. The van der Waals surface area contributed by atoms with Crippen molar-refractivity contribution in [2.45, 2.75) is 19.9 Å². The maximum absolute atomic E-state index is 13.9. The molecule has 0 amide bonds. The van der Waals surface area contributed by atoms with E-state index in [2.05, 4.69) is 20.3 Å². The Morgan fingerprint density at radius 2 is 2.00 bits per heavy atom. The molecule has 4 nitrogen and oxygen atoms in total. The smallest absolute Gasteiger partial charge is 0.372 e. The van der Waals surface area contributed by atoms with Gasteiger partial charge in [-0.15, -0.1) is 0 Å². The van der Waals surface area contributed by atoms with E-state index >= 15 is 0 Å². The monoisotopic (exact) mass is 301 g/mol. The van der Waals surface area contributed by atoms with Gasteiger partial charge in [-0.1, -0.05) is 15.9 Å². The molecule has 0 radical (unpaired) electrons. The molecule has 17 heavy (non-hydrogen) atoms. The first-order chi connectivity index (χ1) is 7.91. The largest absolute Gasteiger partial charge is 0.422 e. The molecule has 0 unspecified atom stereocenters. The first kappa shape index (κ1) is 12.0. The molecule has 90 valence electrons. The Labute approximate surface area is 104 Å². The summed E-state index contributed by atoms with van der Waals surface area (Å²) in [5, 5.41) is 0.0465. The quantitative estimate of drug-likeness (QED) is 0.813. The molecule has 1 heterocycles. The number of halogens is 2. The molecule has 2 aromatic rings. The fourth-order valence-electron chi connectivity index (χ4n) is 1.71. The minimum atomic E-state index is -0.848. The molecule has 1 aromatic heterocycles. The van der Waals surface area contributed by atoms with Gasteiger partial charge in [0.2, 0.25) is 0 Å². The van der Waals surface area contributed by atoms with E-state index in [4.69, 9.17) is 0 Å². The zero-order chi connectivity index (χ0) is 12.7. The lowest BCUT2D eigenvalue weighted by Gasteiger charge is -2.12. The van der Waals surface area contributed by atoms with Crippen LogP contribution < -0.4 is 11.4 Å². The number of hydrogen-bond donors (Lipinski definition) is 0. The van der Waals surface area contributed by atoms with Crippen LogP contribution in [0.2, 0.25) is 0 Å². The molecule has 0 atom stereocenters. The molecule has 0 aliphatic rings. The second kappa shape index (κ2) is 4.10. The average Bonchev–Trinajstić information content (AvgIpc) is 2.19. The summed E-state index contributed by atoms with van der Waals surface area (Å²) in [6.45, 7) is 3.42. The summed E-state index contributed by atoms with van der Waals surface area (Å²) in [5.41, 5.74) is -0.855. The maximum atomic E-state index is 13.9. The van der Waals surface area contributed by atoms with Crippen molar-refractivity contribution in [2.24, 2.45) is 0 Å². The predicted molar refractivity (Wildman–Crippen MR) is 64.8 cm³/mol. The summed E-state index contributed by atoms with van der Waals surface area (Å²) in [6.07, 6.45) is 0. The Morgan fingerprint density at radius 1 is 1.35 bits per heavy atom. The first-order valence-electron chi connectivity index (χ1n) is 4.96. The molecule has 0 N–H and O–H groups in total. The van der Waals surface area contributed by atoms with Crippen LogP contribution in [0.4, 0.5) is 4.39 Å². The molecule has 2 rings (SSSR count). The van der Waals surface area contributed by atoms with E-state index in [1.54, 1.807) is 13.8 Å². The first-order valence-corrected chi connectivity index (χ1v) is 5.75. The van der Waals surface area contributed by atoms with Gasteiger partial charge >= 0.3 is 11.4 Å². The van der Waals surface area contributed by atoms with Crippen LogP contribution >= 0.6 is 15.9 Å². The van der Waals surface area contributed by atoms with Crippen LogP contribution in [0.5, 0.6) is 0 Å². The molecule has 0 saturated carbocycles. The van der Waals surface area contributed by atoms with Gasteiger partial charge in [0.1, 0.15) is 5.82 Å². The lowest BCUT2D eigenvalue weighted by Crippen LogP contribution is -2.27. The standard InChI is InChI=1S/C11H9BrFNO3/c1-5(2)14-9-7(10(15)17-11(14)16)3-6(12)4-8(9)13/h3-5H,1-2H3. The van der Waals surface area contributed by atoms with E-state index in [1.807, 2.05) is 0 Å². The van der Waals surface area contributed by atoms with Crippen molar-refractivity contribution in [1.29, 1.82) is 0 Å². The summed E-state index contributed by atoms with van der Waals surface area (Å²) in [7, 11) is 0. The van der Waals surface area contributed by atoms with Crippen molar-refractivity contribution in [2.75, 3.05) is 0 Å². The topological polar surface area (TPSA) is 52.2 Å². The van der Waals surface area contributed by atoms with Crippen molar-refractivity contribution < 1.29 is 8.81 Å². The second-order valence-corrected chi connectivity index (χ2v) is 4.82. The van der Waals surface area contributed by atoms with Gasteiger partial charge in [0.25, 0.3) is 0 Å². The van der Waals surface area contributed by atoms with Gasteiger partial charge in [0.05, 0.1) is 10.9 Å². The van der Waals surface area contributed by atoms with Crippen LogP contribution in [0.3, 0.4) is 0 Å². The molecule has 1 aromatic carbocycles. The van der Waals surface area contributed by atoms with E-state index in [0.717, 1.165) is 4.57 Å². The molecule has 0 aliphatic heterocycles. The summed E-state index contributed by atoms with van der Waals surface area (Å²) in [4.78, 5) is 23.1. The van der Waals surface area contributed by atoms with Gasteiger partial charge in [0, 0.05) is 10.5 Å². The number of benzene rings is 1. The number of rotatable bonds is 1. The highest BCUT2D eigenvalue weighted by atomic mass is 79.9. The molecule has 0 spiro atoms. The van der Waals surface area contributed by atoms with Gasteiger partial charge in [-0.25, -0.2) is 14.0 Å². The molecular weight excluding hydrogens is 293 g/mol. The Bertz CT molecular complexity index is 702. The number of hydrogen-bond acceptors (Lipinski definition) is 3. The maximum Gasteiger partial charge on any atom is 0.422 e. The van der Waals surface area contributed by atoms with Crippen molar-refractivity contribution in [3.8, 4) is 0 Å². The minimum Gasteiger partial charge on any atom is -0.372 e. The third-order valence-corrected chi connectivity index (χ3v) is 2.84. The molecule has 6 heteroatoms. The van der Waals surface area contributed by atoms with Gasteiger partial charge in [-0.05, 0) is 26.0 Å². The van der Waals surface area contributed by atoms with E-state index in [1.165, 1.54) is 12.1 Å². The second-order valence-electron chi connectivity index (χ2n) is 3.90. The number of fused-ring (bicyclic) bond motifs is 1. The van der Waals surface area contributed by atoms with Gasteiger partial charge in [0.15, 0.2) is 0 Å². The van der Waals surface area contributed by atoms with E-state index in [0.29, 0.717) is 4.47 Å². The Kier molecular flexibility index (Phi) is 2.91.